The average Bonchev–Trinajstić information content (AvgIpc) is 2.46. The highest BCUT2D eigenvalue weighted by Crippen LogP contribution is 2.38. The molecule has 158 valence electrons. The maximum atomic E-state index is 12.2. The number of aliphatic hydroxyl groups excluding tert-OH is 1. The largest absolute Gasteiger partial charge is 0.396 e. The number of hydrogen-bond donors (Lipinski definition) is 3. The van der Waals surface area contributed by atoms with E-state index in [1.807, 2.05) is 27.7 Å². The minimum atomic E-state index is -0.336. The van der Waals surface area contributed by atoms with Crippen LogP contribution >= 0.6 is 12.6 Å². The van der Waals surface area contributed by atoms with Gasteiger partial charge < -0.3 is 15.2 Å². The highest BCUT2D eigenvalue weighted by molar-refractivity contribution is 7.81. The molecule has 2 N–H and O–H groups in total. The summed E-state index contributed by atoms with van der Waals surface area (Å²) in [5.41, 5.74) is -0.436. The number of methoxy groups -OCH3 is 1. The van der Waals surface area contributed by atoms with E-state index >= 15 is 0 Å². The van der Waals surface area contributed by atoms with Gasteiger partial charge in [-0.2, -0.15) is 12.6 Å². The molecule has 0 aliphatic carbocycles. The molecule has 0 bridgehead atoms. The molecular weight excluding hydrogens is 346 g/mol. The molecule has 1 unspecified atom stereocenters. The number of thiol groups is 1. The van der Waals surface area contributed by atoms with Crippen molar-refractivity contribution in [2.24, 2.45) is 16.7 Å². The standard InChI is InChI=1S/C15H31NOS.C6H14O2/c1-11(2)8-9-16-13(17)15(6,7)10-14(4,5)12(3)18;1-6(2,8-3)4-5-7/h11-12,18H,8-10H2,1-7H3,(H,16,17);7H,4-5H2,1-3H3. The van der Waals surface area contributed by atoms with Gasteiger partial charge in [-0.05, 0) is 44.4 Å². The molecule has 0 heterocycles. The van der Waals surface area contributed by atoms with Crippen molar-refractivity contribution in [2.75, 3.05) is 20.3 Å². The monoisotopic (exact) mass is 391 g/mol. The van der Waals surface area contributed by atoms with E-state index in [0.29, 0.717) is 12.3 Å². The number of carbonyl (C=O) groups is 1. The minimum Gasteiger partial charge on any atom is -0.396 e. The summed E-state index contributed by atoms with van der Waals surface area (Å²) in [5.74, 6) is 0.785. The third-order valence-corrected chi connectivity index (χ3v) is 5.62. The molecule has 0 aromatic heterocycles. The first-order chi connectivity index (χ1) is 11.6. The van der Waals surface area contributed by atoms with Gasteiger partial charge in [0.1, 0.15) is 0 Å². The number of carbonyl (C=O) groups excluding carboxylic acids is 1. The minimum absolute atomic E-state index is 0.0575. The number of hydrogen-bond acceptors (Lipinski definition) is 4. The summed E-state index contributed by atoms with van der Waals surface area (Å²) >= 11 is 4.52. The number of aliphatic hydroxyl groups is 1. The number of amides is 1. The molecule has 4 nitrogen and oxygen atoms in total. The molecule has 1 atom stereocenters. The van der Waals surface area contributed by atoms with Crippen molar-refractivity contribution in [1.29, 1.82) is 0 Å². The van der Waals surface area contributed by atoms with E-state index in [-0.39, 0.29) is 34.2 Å². The van der Waals surface area contributed by atoms with Crippen molar-refractivity contribution in [3.63, 3.8) is 0 Å². The van der Waals surface area contributed by atoms with Crippen molar-refractivity contribution in [3.8, 4) is 0 Å². The summed E-state index contributed by atoms with van der Waals surface area (Å²) in [5, 5.41) is 11.8. The molecular formula is C21H45NO3S. The van der Waals surface area contributed by atoms with Gasteiger partial charge in [0.15, 0.2) is 0 Å². The van der Waals surface area contributed by atoms with E-state index in [9.17, 15) is 4.79 Å². The van der Waals surface area contributed by atoms with Gasteiger partial charge in [-0.15, -0.1) is 0 Å². The summed E-state index contributed by atoms with van der Waals surface area (Å²) in [6.07, 6.45) is 2.58. The Morgan fingerprint density at radius 3 is 1.92 bits per heavy atom. The molecule has 0 aromatic carbocycles. The van der Waals surface area contributed by atoms with Crippen molar-refractivity contribution in [3.05, 3.63) is 0 Å². The fraction of sp³-hybridized carbons (Fsp3) is 0.952. The van der Waals surface area contributed by atoms with Gasteiger partial charge in [-0.1, -0.05) is 48.5 Å². The van der Waals surface area contributed by atoms with Crippen molar-refractivity contribution in [2.45, 2.75) is 92.4 Å². The molecule has 0 rings (SSSR count). The maximum Gasteiger partial charge on any atom is 0.225 e. The van der Waals surface area contributed by atoms with Gasteiger partial charge in [-0.25, -0.2) is 0 Å². The molecule has 0 radical (unpaired) electrons. The summed E-state index contributed by atoms with van der Waals surface area (Å²) in [6, 6.07) is 0. The average molecular weight is 392 g/mol. The highest BCUT2D eigenvalue weighted by atomic mass is 32.1. The molecule has 1 amide bonds. The van der Waals surface area contributed by atoms with Gasteiger partial charge >= 0.3 is 0 Å². The van der Waals surface area contributed by atoms with Crippen LogP contribution in [0.2, 0.25) is 0 Å². The Labute approximate surface area is 168 Å². The highest BCUT2D eigenvalue weighted by Gasteiger charge is 2.36. The molecule has 0 aliphatic heterocycles. The number of nitrogens with one attached hydrogen (secondary N) is 1. The van der Waals surface area contributed by atoms with Crippen LogP contribution in [0.5, 0.6) is 0 Å². The third-order valence-electron chi connectivity index (χ3n) is 4.92. The second-order valence-electron chi connectivity index (χ2n) is 9.60. The molecule has 0 fully saturated rings. The van der Waals surface area contributed by atoms with Gasteiger partial charge in [0, 0.05) is 30.9 Å². The lowest BCUT2D eigenvalue weighted by Gasteiger charge is -2.36. The molecule has 5 heteroatoms. The summed E-state index contributed by atoms with van der Waals surface area (Å²) in [4.78, 5) is 12.2. The van der Waals surface area contributed by atoms with Crippen LogP contribution in [0.15, 0.2) is 0 Å². The van der Waals surface area contributed by atoms with Gasteiger partial charge in [-0.3, -0.25) is 4.79 Å². The van der Waals surface area contributed by atoms with E-state index < -0.39 is 0 Å². The SMILES string of the molecule is CC(C)CCNC(=O)C(C)(C)CC(C)(C)C(C)S.COC(C)(C)CCO. The Hall–Kier alpha value is -0.260. The topological polar surface area (TPSA) is 58.6 Å². The van der Waals surface area contributed by atoms with Gasteiger partial charge in [0.05, 0.1) is 5.60 Å². The molecule has 0 spiro atoms. The van der Waals surface area contributed by atoms with Crippen molar-refractivity contribution >= 4 is 18.5 Å². The lowest BCUT2D eigenvalue weighted by atomic mass is 9.73. The molecule has 0 saturated carbocycles. The molecule has 0 saturated heterocycles. The lowest BCUT2D eigenvalue weighted by molar-refractivity contribution is -0.130. The smallest absolute Gasteiger partial charge is 0.225 e. The molecule has 0 aromatic rings. The maximum absolute atomic E-state index is 12.2. The fourth-order valence-electron chi connectivity index (χ4n) is 2.45. The van der Waals surface area contributed by atoms with Crippen molar-refractivity contribution < 1.29 is 14.6 Å². The lowest BCUT2D eigenvalue weighted by Crippen LogP contribution is -2.41. The summed E-state index contributed by atoms with van der Waals surface area (Å²) in [6.45, 7) is 19.7. The number of rotatable bonds is 10. The summed E-state index contributed by atoms with van der Waals surface area (Å²) < 4.78 is 5.02. The second kappa shape index (κ2) is 12.2. The van der Waals surface area contributed by atoms with Crippen LogP contribution in [-0.4, -0.2) is 42.1 Å². The van der Waals surface area contributed by atoms with Crippen molar-refractivity contribution in [1.82, 2.24) is 5.32 Å². The Bertz CT molecular complexity index is 391. The van der Waals surface area contributed by atoms with Crippen LogP contribution in [0.1, 0.15) is 81.6 Å². The predicted molar refractivity (Wildman–Crippen MR) is 116 cm³/mol. The Morgan fingerprint density at radius 1 is 1.12 bits per heavy atom. The van der Waals surface area contributed by atoms with Crippen LogP contribution in [0.3, 0.4) is 0 Å². The van der Waals surface area contributed by atoms with E-state index in [4.69, 9.17) is 9.84 Å². The van der Waals surface area contributed by atoms with E-state index in [2.05, 4.69) is 52.6 Å². The Morgan fingerprint density at radius 2 is 1.62 bits per heavy atom. The van der Waals surface area contributed by atoms with Crippen LogP contribution in [-0.2, 0) is 9.53 Å². The Kier molecular flexibility index (Phi) is 13.2. The zero-order valence-electron chi connectivity index (χ0n) is 18.9. The second-order valence-corrected chi connectivity index (χ2v) is 10.4. The zero-order valence-corrected chi connectivity index (χ0v) is 19.8. The normalized spacial score (nSPS) is 13.9. The van der Waals surface area contributed by atoms with Gasteiger partial charge in [0.25, 0.3) is 0 Å². The van der Waals surface area contributed by atoms with E-state index in [1.54, 1.807) is 7.11 Å². The van der Waals surface area contributed by atoms with Gasteiger partial charge in [0.2, 0.25) is 5.91 Å². The van der Waals surface area contributed by atoms with Crippen LogP contribution in [0, 0.1) is 16.7 Å². The third kappa shape index (κ3) is 13.0. The number of ether oxygens (including phenoxy) is 1. The zero-order chi connectivity index (χ0) is 21.2. The van der Waals surface area contributed by atoms with Crippen LogP contribution < -0.4 is 5.32 Å². The van der Waals surface area contributed by atoms with E-state index in [0.717, 1.165) is 19.4 Å². The quantitative estimate of drug-likeness (QED) is 0.473. The van der Waals surface area contributed by atoms with Crippen LogP contribution in [0.4, 0.5) is 0 Å². The fourth-order valence-corrected chi connectivity index (χ4v) is 2.54. The first kappa shape index (κ1) is 28.0. The first-order valence-electron chi connectivity index (χ1n) is 9.73. The predicted octanol–water partition coefficient (Wildman–Crippen LogP) is 4.70. The van der Waals surface area contributed by atoms with Crippen LogP contribution in [0.25, 0.3) is 0 Å². The van der Waals surface area contributed by atoms with E-state index in [1.165, 1.54) is 0 Å². The molecule has 26 heavy (non-hydrogen) atoms. The first-order valence-corrected chi connectivity index (χ1v) is 10.3. The Balaban J connectivity index is 0. The summed E-state index contributed by atoms with van der Waals surface area (Å²) in [7, 11) is 1.65. The molecule has 0 aliphatic rings.